The summed E-state index contributed by atoms with van der Waals surface area (Å²) in [5.41, 5.74) is 8.03. The van der Waals surface area contributed by atoms with E-state index in [1.807, 2.05) is 33.2 Å². The third-order valence-electron chi connectivity index (χ3n) is 3.72. The van der Waals surface area contributed by atoms with Crippen LogP contribution in [-0.2, 0) is 0 Å². The molecule has 0 aliphatic heterocycles. The summed E-state index contributed by atoms with van der Waals surface area (Å²) in [4.78, 5) is 14.7. The molecule has 1 amide bonds. The van der Waals surface area contributed by atoms with Crippen molar-refractivity contribution in [2.45, 2.75) is 40.2 Å². The Morgan fingerprint density at radius 3 is 2.48 bits per heavy atom. The molecule has 4 nitrogen and oxygen atoms in total. The van der Waals surface area contributed by atoms with Crippen molar-refractivity contribution < 1.29 is 4.79 Å². The van der Waals surface area contributed by atoms with Gasteiger partial charge >= 0.3 is 0 Å². The summed E-state index contributed by atoms with van der Waals surface area (Å²) in [6.45, 7) is 9.33. The molecule has 1 aromatic carbocycles. The van der Waals surface area contributed by atoms with Gasteiger partial charge in [0, 0.05) is 17.3 Å². The summed E-state index contributed by atoms with van der Waals surface area (Å²) in [7, 11) is 4.09. The number of carbonyl (C=O) groups excluding carboxylic acids is 1. The van der Waals surface area contributed by atoms with Crippen molar-refractivity contribution in [3.8, 4) is 0 Å². The monoisotopic (exact) mass is 291 g/mol. The zero-order valence-corrected chi connectivity index (χ0v) is 14.2. The molecule has 118 valence electrons. The normalized spacial score (nSPS) is 13.3. The van der Waals surface area contributed by atoms with Crippen molar-refractivity contribution in [3.63, 3.8) is 0 Å². The fourth-order valence-corrected chi connectivity index (χ4v) is 2.23. The average molecular weight is 291 g/mol. The second-order valence-corrected chi connectivity index (χ2v) is 7.06. The Morgan fingerprint density at radius 2 is 1.95 bits per heavy atom. The van der Waals surface area contributed by atoms with Crippen LogP contribution in [0.1, 0.15) is 43.1 Å². The number of benzene rings is 1. The number of rotatable bonds is 5. The zero-order valence-electron chi connectivity index (χ0n) is 14.2. The Bertz CT molecular complexity index is 489. The first-order chi connectivity index (χ1) is 9.61. The second-order valence-electron chi connectivity index (χ2n) is 7.06. The summed E-state index contributed by atoms with van der Waals surface area (Å²) in [5, 5.41) is 3.18. The summed E-state index contributed by atoms with van der Waals surface area (Å²) in [5.74, 6) is -0.0431. The van der Waals surface area contributed by atoms with Crippen LogP contribution < -0.4 is 11.1 Å². The quantitative estimate of drug-likeness (QED) is 0.820. The van der Waals surface area contributed by atoms with E-state index in [0.29, 0.717) is 11.3 Å². The van der Waals surface area contributed by atoms with Gasteiger partial charge < -0.3 is 16.0 Å². The predicted octanol–water partition coefficient (Wildman–Crippen LogP) is 2.67. The number of nitrogens with zero attached hydrogens (tertiary/aromatic N) is 1. The van der Waals surface area contributed by atoms with Crippen LogP contribution >= 0.6 is 0 Å². The van der Waals surface area contributed by atoms with E-state index < -0.39 is 0 Å². The molecule has 0 aliphatic carbocycles. The molecule has 0 heterocycles. The minimum Gasteiger partial charge on any atom is -0.399 e. The van der Waals surface area contributed by atoms with Crippen molar-refractivity contribution in [3.05, 3.63) is 29.3 Å². The minimum atomic E-state index is -0.0431. The van der Waals surface area contributed by atoms with Gasteiger partial charge in [0.25, 0.3) is 5.91 Å². The van der Waals surface area contributed by atoms with Crippen LogP contribution in [0.2, 0.25) is 0 Å². The van der Waals surface area contributed by atoms with Crippen molar-refractivity contribution >= 4 is 11.6 Å². The smallest absolute Gasteiger partial charge is 0.251 e. The number of amides is 1. The van der Waals surface area contributed by atoms with Gasteiger partial charge in [-0.05, 0) is 57.1 Å². The fourth-order valence-electron chi connectivity index (χ4n) is 2.23. The van der Waals surface area contributed by atoms with Gasteiger partial charge in [-0.15, -0.1) is 0 Å². The SMILES string of the molecule is Cc1ccc(N)cc1C(=O)NC(CCN(C)C)C(C)(C)C. The van der Waals surface area contributed by atoms with Crippen LogP contribution in [0.15, 0.2) is 18.2 Å². The predicted molar refractivity (Wildman–Crippen MR) is 89.5 cm³/mol. The topological polar surface area (TPSA) is 58.4 Å². The van der Waals surface area contributed by atoms with Crippen molar-refractivity contribution in [2.24, 2.45) is 5.41 Å². The minimum absolute atomic E-state index is 0.0138. The van der Waals surface area contributed by atoms with E-state index in [4.69, 9.17) is 5.73 Å². The van der Waals surface area contributed by atoms with Gasteiger partial charge in [-0.1, -0.05) is 26.8 Å². The molecular formula is C17H29N3O. The number of carbonyl (C=O) groups is 1. The van der Waals surface area contributed by atoms with Crippen LogP contribution in [-0.4, -0.2) is 37.5 Å². The lowest BCUT2D eigenvalue weighted by atomic mass is 9.84. The Balaban J connectivity index is 2.87. The standard InChI is InChI=1S/C17H29N3O/c1-12-7-8-13(18)11-14(12)16(21)19-15(17(2,3)4)9-10-20(5)6/h7-8,11,15H,9-10,18H2,1-6H3,(H,19,21). The van der Waals surface area contributed by atoms with E-state index >= 15 is 0 Å². The molecule has 1 rings (SSSR count). The molecule has 1 aromatic rings. The Hall–Kier alpha value is -1.55. The summed E-state index contributed by atoms with van der Waals surface area (Å²) in [6, 6.07) is 5.57. The van der Waals surface area contributed by atoms with Crippen LogP contribution in [0.4, 0.5) is 5.69 Å². The van der Waals surface area contributed by atoms with Crippen molar-refractivity contribution in [1.29, 1.82) is 0 Å². The maximum Gasteiger partial charge on any atom is 0.251 e. The van der Waals surface area contributed by atoms with Gasteiger partial charge in [0.15, 0.2) is 0 Å². The van der Waals surface area contributed by atoms with Crippen LogP contribution in [0.5, 0.6) is 0 Å². The highest BCUT2D eigenvalue weighted by Gasteiger charge is 2.26. The van der Waals surface area contributed by atoms with Gasteiger partial charge in [0.2, 0.25) is 0 Å². The van der Waals surface area contributed by atoms with E-state index in [1.54, 1.807) is 6.07 Å². The summed E-state index contributed by atoms with van der Waals surface area (Å²) < 4.78 is 0. The number of nitrogens with two attached hydrogens (primary N) is 1. The number of nitrogen functional groups attached to an aromatic ring is 1. The van der Waals surface area contributed by atoms with Crippen LogP contribution in [0, 0.1) is 12.3 Å². The molecule has 0 radical (unpaired) electrons. The molecular weight excluding hydrogens is 262 g/mol. The number of nitrogens with one attached hydrogen (secondary N) is 1. The van der Waals surface area contributed by atoms with E-state index in [2.05, 4.69) is 31.0 Å². The van der Waals surface area contributed by atoms with Crippen molar-refractivity contribution in [1.82, 2.24) is 10.2 Å². The van der Waals surface area contributed by atoms with Gasteiger partial charge in [-0.2, -0.15) is 0 Å². The molecule has 0 aliphatic rings. The average Bonchev–Trinajstić information content (AvgIpc) is 2.35. The van der Waals surface area contributed by atoms with Crippen LogP contribution in [0.3, 0.4) is 0 Å². The highest BCUT2D eigenvalue weighted by Crippen LogP contribution is 2.23. The lowest BCUT2D eigenvalue weighted by molar-refractivity contribution is 0.0892. The molecule has 0 saturated carbocycles. The first-order valence-electron chi connectivity index (χ1n) is 7.43. The highest BCUT2D eigenvalue weighted by atomic mass is 16.1. The maximum absolute atomic E-state index is 12.5. The number of anilines is 1. The van der Waals surface area contributed by atoms with E-state index in [9.17, 15) is 4.79 Å². The molecule has 21 heavy (non-hydrogen) atoms. The Morgan fingerprint density at radius 1 is 1.33 bits per heavy atom. The van der Waals surface area contributed by atoms with Gasteiger partial charge in [-0.25, -0.2) is 0 Å². The van der Waals surface area contributed by atoms with Crippen molar-refractivity contribution in [2.75, 3.05) is 26.4 Å². The maximum atomic E-state index is 12.5. The largest absolute Gasteiger partial charge is 0.399 e. The van der Waals surface area contributed by atoms with E-state index in [1.165, 1.54) is 0 Å². The molecule has 0 fully saturated rings. The summed E-state index contributed by atoms with van der Waals surface area (Å²) in [6.07, 6.45) is 0.920. The lowest BCUT2D eigenvalue weighted by Crippen LogP contribution is -2.45. The molecule has 0 saturated heterocycles. The molecule has 0 spiro atoms. The molecule has 3 N–H and O–H groups in total. The number of hydrogen-bond donors (Lipinski definition) is 2. The lowest BCUT2D eigenvalue weighted by Gasteiger charge is -2.32. The van der Waals surface area contributed by atoms with E-state index in [-0.39, 0.29) is 17.4 Å². The molecule has 4 heteroatoms. The first-order valence-corrected chi connectivity index (χ1v) is 7.43. The molecule has 1 unspecified atom stereocenters. The number of aryl methyl sites for hydroxylation is 1. The molecule has 0 aromatic heterocycles. The van der Waals surface area contributed by atoms with Gasteiger partial charge in [0.1, 0.15) is 0 Å². The number of hydrogen-bond acceptors (Lipinski definition) is 3. The molecule has 0 bridgehead atoms. The Kier molecular flexibility index (Phi) is 5.78. The summed E-state index contributed by atoms with van der Waals surface area (Å²) >= 11 is 0. The first kappa shape index (κ1) is 17.5. The third-order valence-corrected chi connectivity index (χ3v) is 3.72. The van der Waals surface area contributed by atoms with Gasteiger partial charge in [-0.3, -0.25) is 4.79 Å². The second kappa shape index (κ2) is 6.94. The van der Waals surface area contributed by atoms with Gasteiger partial charge in [0.05, 0.1) is 0 Å². The third kappa shape index (κ3) is 5.38. The zero-order chi connectivity index (χ0) is 16.2. The van der Waals surface area contributed by atoms with Crippen LogP contribution in [0.25, 0.3) is 0 Å². The van der Waals surface area contributed by atoms with E-state index in [0.717, 1.165) is 18.5 Å². The molecule has 1 atom stereocenters. The fraction of sp³-hybridized carbons (Fsp3) is 0.588. The highest BCUT2D eigenvalue weighted by molar-refractivity contribution is 5.96. The Labute approximate surface area is 128 Å².